The maximum atomic E-state index is 14.5. The van der Waals surface area contributed by atoms with Gasteiger partial charge >= 0.3 is 6.18 Å². The average molecular weight is 468 g/mol. The van der Waals surface area contributed by atoms with E-state index in [1.54, 1.807) is 6.92 Å². The molecule has 1 aliphatic rings. The van der Waals surface area contributed by atoms with Gasteiger partial charge in [-0.05, 0) is 55.0 Å². The first kappa shape index (κ1) is 23.0. The van der Waals surface area contributed by atoms with Gasteiger partial charge in [0.1, 0.15) is 5.82 Å². The summed E-state index contributed by atoms with van der Waals surface area (Å²) in [5, 5.41) is 24.2. The van der Waals surface area contributed by atoms with Gasteiger partial charge in [-0.1, -0.05) is 13.0 Å². The maximum Gasteiger partial charge on any atom is 0.419 e. The van der Waals surface area contributed by atoms with E-state index < -0.39 is 53.1 Å². The predicted molar refractivity (Wildman–Crippen MR) is 112 cm³/mol. The normalized spacial score (nSPS) is 22.9. The molecule has 4 rings (SSSR count). The van der Waals surface area contributed by atoms with Crippen LogP contribution in [-0.2, 0) is 0 Å². The van der Waals surface area contributed by atoms with Gasteiger partial charge in [-0.25, -0.2) is 8.78 Å². The second-order valence-electron chi connectivity index (χ2n) is 8.37. The van der Waals surface area contributed by atoms with Gasteiger partial charge in [0.2, 0.25) is 5.56 Å². The van der Waals surface area contributed by atoms with E-state index in [4.69, 9.17) is 0 Å². The number of phenolic OH excluding ortho intramolecular Hbond substituents is 1. The van der Waals surface area contributed by atoms with Gasteiger partial charge in [-0.2, -0.15) is 13.2 Å². The number of hydrogen-bond acceptors (Lipinski definition) is 4. The molecule has 10 heteroatoms. The van der Waals surface area contributed by atoms with Crippen LogP contribution >= 0.6 is 0 Å². The number of pyridine rings is 1. The molecule has 0 spiro atoms. The minimum absolute atomic E-state index is 0.00755. The molecule has 0 aliphatic heterocycles. The number of halogens is 5. The Bertz CT molecular complexity index is 1300. The number of aromatic hydroxyl groups is 1. The van der Waals surface area contributed by atoms with Crippen LogP contribution < -0.4 is 10.9 Å². The number of benzene rings is 2. The number of fused-ring (bicyclic) bond motifs is 2. The van der Waals surface area contributed by atoms with Gasteiger partial charge in [0.25, 0.3) is 0 Å². The summed E-state index contributed by atoms with van der Waals surface area (Å²) in [7, 11) is 0. The Labute approximate surface area is 184 Å². The highest BCUT2D eigenvalue weighted by Crippen LogP contribution is 2.55. The van der Waals surface area contributed by atoms with Crippen LogP contribution in [0.2, 0.25) is 0 Å². The standard InChI is InChI=1S/C23H21F5N2O3/c1-3-11-9-22(33,23(26,27)28)21(13-8-10(2)18(25)20(32)17(11)13)29-15-6-5-14(24)19-12(15)4-7-16(31)30-19/h4-8,11,21,29,32-33H,3,9H2,1-2H3,(H,30,31)/t11-,21-,22-/m0/s1. The lowest BCUT2D eigenvalue weighted by Crippen LogP contribution is -2.55. The lowest BCUT2D eigenvalue weighted by Gasteiger charge is -2.46. The van der Waals surface area contributed by atoms with Gasteiger partial charge in [-0.15, -0.1) is 0 Å². The Morgan fingerprint density at radius 3 is 2.55 bits per heavy atom. The average Bonchev–Trinajstić information content (AvgIpc) is 2.74. The molecule has 1 aliphatic carbocycles. The summed E-state index contributed by atoms with van der Waals surface area (Å²) >= 11 is 0. The summed E-state index contributed by atoms with van der Waals surface area (Å²) < 4.78 is 71.5. The van der Waals surface area contributed by atoms with Crippen LogP contribution in [0.5, 0.6) is 5.75 Å². The summed E-state index contributed by atoms with van der Waals surface area (Å²) in [6, 6.07) is 3.83. The number of hydrogen-bond donors (Lipinski definition) is 4. The molecule has 0 saturated carbocycles. The summed E-state index contributed by atoms with van der Waals surface area (Å²) in [5.41, 5.74) is -4.29. The van der Waals surface area contributed by atoms with E-state index >= 15 is 0 Å². The molecule has 0 unspecified atom stereocenters. The number of nitrogens with one attached hydrogen (secondary N) is 2. The van der Waals surface area contributed by atoms with Crippen molar-refractivity contribution in [2.75, 3.05) is 5.32 Å². The largest absolute Gasteiger partial charge is 0.505 e. The van der Waals surface area contributed by atoms with Crippen LogP contribution in [-0.4, -0.2) is 27.0 Å². The molecule has 0 fully saturated rings. The molecule has 5 nitrogen and oxygen atoms in total. The Hall–Kier alpha value is -3.14. The third kappa shape index (κ3) is 3.52. The molecule has 4 N–H and O–H groups in total. The summed E-state index contributed by atoms with van der Waals surface area (Å²) in [4.78, 5) is 13.9. The van der Waals surface area contributed by atoms with Crippen molar-refractivity contribution in [1.29, 1.82) is 0 Å². The Balaban J connectivity index is 1.98. The van der Waals surface area contributed by atoms with Crippen molar-refractivity contribution in [2.24, 2.45) is 0 Å². The molecular formula is C23H21F5N2O3. The minimum atomic E-state index is -5.09. The van der Waals surface area contributed by atoms with Crippen LogP contribution in [0.15, 0.2) is 35.1 Å². The quantitative estimate of drug-likeness (QED) is 0.400. The van der Waals surface area contributed by atoms with Crippen LogP contribution in [0.4, 0.5) is 27.6 Å². The van der Waals surface area contributed by atoms with Gasteiger partial charge in [0.15, 0.2) is 17.2 Å². The van der Waals surface area contributed by atoms with E-state index in [0.29, 0.717) is 0 Å². The van der Waals surface area contributed by atoms with Crippen molar-refractivity contribution in [1.82, 2.24) is 4.98 Å². The number of aromatic nitrogens is 1. The van der Waals surface area contributed by atoms with Crippen molar-refractivity contribution in [2.45, 2.75) is 50.4 Å². The van der Waals surface area contributed by atoms with Crippen molar-refractivity contribution >= 4 is 16.6 Å². The number of aryl methyl sites for hydroxylation is 1. The third-order valence-corrected chi connectivity index (χ3v) is 6.37. The fraction of sp³-hybridized carbons (Fsp3) is 0.348. The van der Waals surface area contributed by atoms with E-state index in [9.17, 15) is 37.0 Å². The number of alkyl halides is 3. The molecule has 0 bridgehead atoms. The molecular weight excluding hydrogens is 447 g/mol. The van der Waals surface area contributed by atoms with E-state index in [1.165, 1.54) is 25.1 Å². The number of phenols is 1. The molecule has 33 heavy (non-hydrogen) atoms. The third-order valence-electron chi connectivity index (χ3n) is 6.37. The molecule has 1 heterocycles. The number of anilines is 1. The number of aromatic amines is 1. The fourth-order valence-corrected chi connectivity index (χ4v) is 4.66. The van der Waals surface area contributed by atoms with Crippen molar-refractivity contribution in [3.63, 3.8) is 0 Å². The van der Waals surface area contributed by atoms with Crippen LogP contribution in [0.3, 0.4) is 0 Å². The molecule has 3 atom stereocenters. The maximum absolute atomic E-state index is 14.5. The SMILES string of the molecule is CC[C@H]1C[C@@](O)(C(F)(F)F)[C@@H](Nc2ccc(F)c3[nH]c(=O)ccc23)c2cc(C)c(F)c(O)c21. The fourth-order valence-electron chi connectivity index (χ4n) is 4.66. The second-order valence-corrected chi connectivity index (χ2v) is 8.37. The number of H-pyrrole nitrogens is 1. The number of rotatable bonds is 3. The second kappa shape index (κ2) is 7.72. The first-order valence-electron chi connectivity index (χ1n) is 10.3. The molecule has 176 valence electrons. The first-order chi connectivity index (χ1) is 15.4. The van der Waals surface area contributed by atoms with E-state index in [-0.39, 0.29) is 39.7 Å². The zero-order chi connectivity index (χ0) is 24.3. The van der Waals surface area contributed by atoms with Crippen LogP contribution in [0.25, 0.3) is 10.9 Å². The molecule has 3 aromatic rings. The van der Waals surface area contributed by atoms with Gasteiger partial charge in [0, 0.05) is 22.7 Å². The van der Waals surface area contributed by atoms with Crippen molar-refractivity contribution in [3.05, 3.63) is 69.0 Å². The molecule has 0 amide bonds. The summed E-state index contributed by atoms with van der Waals surface area (Å²) in [5.74, 6) is -3.43. The number of aliphatic hydroxyl groups is 1. The van der Waals surface area contributed by atoms with Crippen molar-refractivity contribution < 1.29 is 32.2 Å². The monoisotopic (exact) mass is 468 g/mol. The smallest absolute Gasteiger partial charge is 0.419 e. The lowest BCUT2D eigenvalue weighted by atomic mass is 9.68. The highest BCUT2D eigenvalue weighted by molar-refractivity contribution is 5.91. The molecule has 0 radical (unpaired) electrons. The zero-order valence-corrected chi connectivity index (χ0v) is 17.6. The highest BCUT2D eigenvalue weighted by atomic mass is 19.4. The Morgan fingerprint density at radius 1 is 1.21 bits per heavy atom. The topological polar surface area (TPSA) is 85.4 Å². The molecule has 0 saturated heterocycles. The van der Waals surface area contributed by atoms with E-state index in [1.807, 2.05) is 0 Å². The molecule has 2 aromatic carbocycles. The molecule has 1 aromatic heterocycles. The zero-order valence-electron chi connectivity index (χ0n) is 17.6. The highest BCUT2D eigenvalue weighted by Gasteiger charge is 2.62. The van der Waals surface area contributed by atoms with Gasteiger partial charge in [0.05, 0.1) is 11.6 Å². The lowest BCUT2D eigenvalue weighted by molar-refractivity contribution is -0.272. The first-order valence-corrected chi connectivity index (χ1v) is 10.3. The Morgan fingerprint density at radius 2 is 1.91 bits per heavy atom. The predicted octanol–water partition coefficient (Wildman–Crippen LogP) is 5.16. The van der Waals surface area contributed by atoms with Crippen LogP contribution in [0, 0.1) is 18.6 Å². The van der Waals surface area contributed by atoms with Gasteiger partial charge < -0.3 is 20.5 Å². The van der Waals surface area contributed by atoms with Gasteiger partial charge in [-0.3, -0.25) is 4.79 Å². The Kier molecular flexibility index (Phi) is 5.39. The van der Waals surface area contributed by atoms with Crippen LogP contribution in [0.1, 0.15) is 48.4 Å². The summed E-state index contributed by atoms with van der Waals surface area (Å²) in [6.07, 6.45) is -5.78. The van der Waals surface area contributed by atoms with E-state index in [2.05, 4.69) is 10.3 Å². The summed E-state index contributed by atoms with van der Waals surface area (Å²) in [6.45, 7) is 2.88. The van der Waals surface area contributed by atoms with Crippen molar-refractivity contribution in [3.8, 4) is 5.75 Å². The minimum Gasteiger partial charge on any atom is -0.505 e. The van der Waals surface area contributed by atoms with E-state index in [0.717, 1.165) is 12.1 Å².